The summed E-state index contributed by atoms with van der Waals surface area (Å²) in [4.78, 5) is 3.13. The Bertz CT molecular complexity index is 434. The molecule has 0 aliphatic rings. The Morgan fingerprint density at radius 3 is 2.71 bits per heavy atom. The Balaban J connectivity index is 2.59. The number of rotatable bonds is 3. The number of benzene rings is 1. The second-order valence-corrected chi connectivity index (χ2v) is 2.97. The van der Waals surface area contributed by atoms with Gasteiger partial charge in [0, 0.05) is 11.6 Å². The highest BCUT2D eigenvalue weighted by Crippen LogP contribution is 2.31. The highest BCUT2D eigenvalue weighted by molar-refractivity contribution is 5.90. The van der Waals surface area contributed by atoms with Gasteiger partial charge >= 0.3 is 0 Å². The molecule has 0 saturated heterocycles. The van der Waals surface area contributed by atoms with Crippen LogP contribution in [0, 0.1) is 0 Å². The zero-order chi connectivity index (χ0) is 9.97. The lowest BCUT2D eigenvalue weighted by molar-refractivity contribution is 0.343. The lowest BCUT2D eigenvalue weighted by Crippen LogP contribution is -1.92. The summed E-state index contributed by atoms with van der Waals surface area (Å²) in [6, 6.07) is 5.82. The van der Waals surface area contributed by atoms with Crippen LogP contribution in [0.1, 0.15) is 6.92 Å². The van der Waals surface area contributed by atoms with Gasteiger partial charge in [-0.25, -0.2) is 0 Å². The Kier molecular flexibility index (Phi) is 2.31. The van der Waals surface area contributed by atoms with Crippen molar-refractivity contribution in [3.63, 3.8) is 0 Å². The average Bonchev–Trinajstić information content (AvgIpc) is 2.67. The molecule has 74 valence electrons. The van der Waals surface area contributed by atoms with Crippen LogP contribution in [0.3, 0.4) is 0 Å². The molecule has 0 fully saturated rings. The zero-order valence-corrected chi connectivity index (χ0v) is 8.33. The first kappa shape index (κ1) is 8.94. The fourth-order valence-electron chi connectivity index (χ4n) is 1.55. The summed E-state index contributed by atoms with van der Waals surface area (Å²) >= 11 is 0. The van der Waals surface area contributed by atoms with Gasteiger partial charge in [0.25, 0.3) is 0 Å². The first-order valence-electron chi connectivity index (χ1n) is 4.63. The number of hydrogen-bond donors (Lipinski definition) is 1. The van der Waals surface area contributed by atoms with Crippen molar-refractivity contribution >= 4 is 10.9 Å². The van der Waals surface area contributed by atoms with Crippen molar-refractivity contribution in [2.75, 3.05) is 13.7 Å². The number of ether oxygens (including phenoxy) is 2. The lowest BCUT2D eigenvalue weighted by atomic mass is 10.2. The molecule has 3 nitrogen and oxygen atoms in total. The predicted molar refractivity (Wildman–Crippen MR) is 56.0 cm³/mol. The molecule has 2 aromatic rings. The molecule has 0 spiro atoms. The summed E-state index contributed by atoms with van der Waals surface area (Å²) < 4.78 is 10.7. The highest BCUT2D eigenvalue weighted by atomic mass is 16.5. The molecular formula is C11H13NO2. The largest absolute Gasteiger partial charge is 0.495 e. The molecule has 0 amide bonds. The summed E-state index contributed by atoms with van der Waals surface area (Å²) in [7, 11) is 1.66. The van der Waals surface area contributed by atoms with E-state index in [9.17, 15) is 0 Å². The molecule has 3 heteroatoms. The third kappa shape index (κ3) is 1.31. The van der Waals surface area contributed by atoms with Gasteiger partial charge in [-0.15, -0.1) is 0 Å². The van der Waals surface area contributed by atoms with E-state index in [1.54, 1.807) is 7.11 Å². The van der Waals surface area contributed by atoms with Gasteiger partial charge in [-0.2, -0.15) is 0 Å². The molecule has 14 heavy (non-hydrogen) atoms. The van der Waals surface area contributed by atoms with Crippen LogP contribution in [0.4, 0.5) is 0 Å². The van der Waals surface area contributed by atoms with E-state index in [2.05, 4.69) is 4.98 Å². The number of H-pyrrole nitrogens is 1. The lowest BCUT2D eigenvalue weighted by Gasteiger charge is -2.07. The van der Waals surface area contributed by atoms with Gasteiger partial charge < -0.3 is 14.5 Å². The molecule has 0 saturated carbocycles. The average molecular weight is 191 g/mol. The number of fused-ring (bicyclic) bond motifs is 1. The van der Waals surface area contributed by atoms with Gasteiger partial charge in [-0.3, -0.25) is 0 Å². The van der Waals surface area contributed by atoms with Crippen molar-refractivity contribution in [1.82, 2.24) is 4.98 Å². The van der Waals surface area contributed by atoms with Crippen molar-refractivity contribution in [3.05, 3.63) is 24.4 Å². The minimum Gasteiger partial charge on any atom is -0.495 e. The molecule has 0 radical (unpaired) electrons. The van der Waals surface area contributed by atoms with Crippen molar-refractivity contribution in [3.8, 4) is 11.5 Å². The maximum absolute atomic E-state index is 5.50. The smallest absolute Gasteiger partial charge is 0.143 e. The Morgan fingerprint density at radius 2 is 2.00 bits per heavy atom. The minimum atomic E-state index is 0.673. The topological polar surface area (TPSA) is 34.2 Å². The summed E-state index contributed by atoms with van der Waals surface area (Å²) in [6.07, 6.45) is 1.88. The quantitative estimate of drug-likeness (QED) is 0.809. The van der Waals surface area contributed by atoms with E-state index in [-0.39, 0.29) is 0 Å². The highest BCUT2D eigenvalue weighted by Gasteiger charge is 2.07. The Hall–Kier alpha value is -1.64. The maximum Gasteiger partial charge on any atom is 0.143 e. The van der Waals surface area contributed by atoms with E-state index in [0.717, 1.165) is 22.4 Å². The molecule has 1 aromatic carbocycles. The van der Waals surface area contributed by atoms with E-state index in [1.807, 2.05) is 31.3 Å². The van der Waals surface area contributed by atoms with E-state index < -0.39 is 0 Å². The van der Waals surface area contributed by atoms with Crippen molar-refractivity contribution in [2.45, 2.75) is 6.92 Å². The van der Waals surface area contributed by atoms with E-state index in [4.69, 9.17) is 9.47 Å². The zero-order valence-electron chi connectivity index (χ0n) is 8.33. The van der Waals surface area contributed by atoms with Gasteiger partial charge in [0.1, 0.15) is 11.5 Å². The number of nitrogens with one attached hydrogen (secondary N) is 1. The van der Waals surface area contributed by atoms with Crippen LogP contribution in [0.15, 0.2) is 24.4 Å². The second kappa shape index (κ2) is 3.62. The fraction of sp³-hybridized carbons (Fsp3) is 0.273. The molecule has 1 heterocycles. The van der Waals surface area contributed by atoms with Crippen LogP contribution < -0.4 is 9.47 Å². The first-order valence-corrected chi connectivity index (χ1v) is 4.63. The summed E-state index contributed by atoms with van der Waals surface area (Å²) in [5.74, 6) is 1.73. The van der Waals surface area contributed by atoms with Crippen LogP contribution in [0.25, 0.3) is 10.9 Å². The van der Waals surface area contributed by atoms with E-state index in [0.29, 0.717) is 6.61 Å². The summed E-state index contributed by atoms with van der Waals surface area (Å²) in [6.45, 7) is 2.65. The van der Waals surface area contributed by atoms with Crippen LogP contribution in [-0.4, -0.2) is 18.7 Å². The molecule has 2 rings (SSSR count). The van der Waals surface area contributed by atoms with Crippen LogP contribution in [0.2, 0.25) is 0 Å². The SMILES string of the molecule is CCOc1ccc(OC)c2[nH]ccc12. The first-order chi connectivity index (χ1) is 6.86. The molecular weight excluding hydrogens is 178 g/mol. The third-order valence-corrected chi connectivity index (χ3v) is 2.16. The Morgan fingerprint density at radius 1 is 1.21 bits per heavy atom. The molecule has 0 bridgehead atoms. The van der Waals surface area contributed by atoms with E-state index >= 15 is 0 Å². The third-order valence-electron chi connectivity index (χ3n) is 2.16. The van der Waals surface area contributed by atoms with Gasteiger partial charge in [0.2, 0.25) is 0 Å². The van der Waals surface area contributed by atoms with Crippen molar-refractivity contribution in [1.29, 1.82) is 0 Å². The summed E-state index contributed by atoms with van der Waals surface area (Å²) in [5, 5.41) is 1.06. The number of hydrogen-bond acceptors (Lipinski definition) is 2. The molecule has 0 aliphatic heterocycles. The van der Waals surface area contributed by atoms with Crippen LogP contribution in [-0.2, 0) is 0 Å². The van der Waals surface area contributed by atoms with E-state index in [1.165, 1.54) is 0 Å². The van der Waals surface area contributed by atoms with Crippen LogP contribution in [0.5, 0.6) is 11.5 Å². The standard InChI is InChI=1S/C11H13NO2/c1-3-14-9-4-5-10(13-2)11-8(9)6-7-12-11/h4-7,12H,3H2,1-2H3. The van der Waals surface area contributed by atoms with Crippen molar-refractivity contribution < 1.29 is 9.47 Å². The molecule has 0 aliphatic carbocycles. The van der Waals surface area contributed by atoms with Crippen LogP contribution >= 0.6 is 0 Å². The Labute approximate surface area is 82.6 Å². The molecule has 0 atom stereocenters. The van der Waals surface area contributed by atoms with Crippen molar-refractivity contribution in [2.24, 2.45) is 0 Å². The van der Waals surface area contributed by atoms with Gasteiger partial charge in [-0.05, 0) is 25.1 Å². The van der Waals surface area contributed by atoms with Gasteiger partial charge in [-0.1, -0.05) is 0 Å². The minimum absolute atomic E-state index is 0.673. The van der Waals surface area contributed by atoms with Gasteiger partial charge in [0.15, 0.2) is 0 Å². The fourth-order valence-corrected chi connectivity index (χ4v) is 1.55. The molecule has 1 aromatic heterocycles. The predicted octanol–water partition coefficient (Wildman–Crippen LogP) is 2.58. The summed E-state index contributed by atoms with van der Waals surface area (Å²) in [5.41, 5.74) is 0.985. The molecule has 0 unspecified atom stereocenters. The maximum atomic E-state index is 5.50. The second-order valence-electron chi connectivity index (χ2n) is 2.97. The molecule has 1 N–H and O–H groups in total. The number of aromatic nitrogens is 1. The number of methoxy groups -OCH3 is 1. The normalized spacial score (nSPS) is 10.4. The monoisotopic (exact) mass is 191 g/mol. The van der Waals surface area contributed by atoms with Gasteiger partial charge in [0.05, 0.1) is 19.2 Å². The number of aromatic amines is 1.